The summed E-state index contributed by atoms with van der Waals surface area (Å²) in [5, 5.41) is 42.3. The van der Waals surface area contributed by atoms with Crippen LogP contribution in [0.5, 0.6) is 11.5 Å². The molecular formula is C27H45N7O8. The molecule has 0 heterocycles. The molecule has 15 heteroatoms. The third-order valence-electron chi connectivity index (χ3n) is 6.10. The van der Waals surface area contributed by atoms with Crippen LogP contribution in [0.4, 0.5) is 0 Å². The molecule has 0 aliphatic heterocycles. The van der Waals surface area contributed by atoms with E-state index in [9.17, 15) is 34.2 Å². The zero-order valence-corrected chi connectivity index (χ0v) is 23.8. The van der Waals surface area contributed by atoms with Gasteiger partial charge in [-0.05, 0) is 64.3 Å². The number of primary amides is 1. The molecule has 0 saturated carbocycles. The summed E-state index contributed by atoms with van der Waals surface area (Å²) in [4.78, 5) is 58.5. The van der Waals surface area contributed by atoms with Crippen molar-refractivity contribution in [2.45, 2.75) is 63.5 Å². The fourth-order valence-corrected chi connectivity index (χ4v) is 3.79. The zero-order chi connectivity index (χ0) is 31.3. The maximum atomic E-state index is 12.5. The van der Waals surface area contributed by atoms with Gasteiger partial charge in [-0.3, -0.25) is 24.0 Å². The van der Waals surface area contributed by atoms with E-state index in [4.69, 9.17) is 16.6 Å². The number of carboxylic acid groups (broad SMARTS) is 1. The second-order valence-corrected chi connectivity index (χ2v) is 9.82. The van der Waals surface area contributed by atoms with Crippen molar-refractivity contribution in [1.29, 1.82) is 0 Å². The van der Waals surface area contributed by atoms with E-state index < -0.39 is 35.8 Å². The van der Waals surface area contributed by atoms with Crippen molar-refractivity contribution >= 4 is 29.6 Å². The number of hydrogen-bond donors (Lipinski definition) is 10. The van der Waals surface area contributed by atoms with Gasteiger partial charge in [0.15, 0.2) is 0 Å². The van der Waals surface area contributed by atoms with Gasteiger partial charge >= 0.3 is 5.97 Å². The summed E-state index contributed by atoms with van der Waals surface area (Å²) in [5.74, 6) is -3.60. The molecule has 0 aromatic heterocycles. The van der Waals surface area contributed by atoms with E-state index in [-0.39, 0.29) is 48.7 Å². The standard InChI is InChI=1S/C27H45N7O8/c28-20(7-8-25(39)40)26(41)32-14-4-12-31-11-3-10-30-9-1-2-13-33-27(42)21(17-23(29)37)34-24(38)15-18-5-6-19(35)16-22(18)36/h5-6,16,20-21,30-31,35-36H,1-4,7-15,17,28H2,(H2,29,37)(H,32,41)(H,33,42)(H,34,38)(H,39,40)/t20-,21-/m0/s1. The van der Waals surface area contributed by atoms with Gasteiger partial charge in [0, 0.05) is 31.1 Å². The molecule has 0 aliphatic carbocycles. The van der Waals surface area contributed by atoms with Crippen LogP contribution in [0.1, 0.15) is 50.5 Å². The SMILES string of the molecule is NC(=O)C[C@H](NC(=O)Cc1ccc(O)cc1O)C(=O)NCCCCNCCCNCCCNC(=O)[C@@H](N)CCC(=O)O. The smallest absolute Gasteiger partial charge is 0.303 e. The number of carboxylic acids is 1. The topological polar surface area (TPSA) is 258 Å². The van der Waals surface area contributed by atoms with E-state index in [1.165, 1.54) is 12.1 Å². The first-order valence-electron chi connectivity index (χ1n) is 14.0. The van der Waals surface area contributed by atoms with Crippen molar-refractivity contribution in [3.8, 4) is 11.5 Å². The van der Waals surface area contributed by atoms with Crippen LogP contribution in [-0.4, -0.2) is 96.3 Å². The Hall–Kier alpha value is -3.95. The number of hydrogen-bond acceptors (Lipinski definition) is 10. The van der Waals surface area contributed by atoms with E-state index in [2.05, 4.69) is 26.6 Å². The van der Waals surface area contributed by atoms with Crippen molar-refractivity contribution in [1.82, 2.24) is 26.6 Å². The molecule has 0 bridgehead atoms. The van der Waals surface area contributed by atoms with E-state index in [0.29, 0.717) is 19.5 Å². The molecule has 15 nitrogen and oxygen atoms in total. The van der Waals surface area contributed by atoms with E-state index in [0.717, 1.165) is 51.5 Å². The Balaban J connectivity index is 2.10. The molecule has 1 rings (SSSR count). The average molecular weight is 596 g/mol. The van der Waals surface area contributed by atoms with Gasteiger partial charge in [0.25, 0.3) is 0 Å². The van der Waals surface area contributed by atoms with Crippen molar-refractivity contribution in [2.24, 2.45) is 11.5 Å². The molecular weight excluding hydrogens is 550 g/mol. The number of phenols is 2. The second kappa shape index (κ2) is 20.9. The number of aliphatic carboxylic acids is 1. The Labute approximate surface area is 245 Å². The first kappa shape index (κ1) is 36.1. The Morgan fingerprint density at radius 1 is 0.810 bits per heavy atom. The molecule has 1 aromatic rings. The summed E-state index contributed by atoms with van der Waals surface area (Å²) in [6, 6.07) is 1.85. The number of aromatic hydroxyl groups is 2. The molecule has 0 radical (unpaired) electrons. The minimum absolute atomic E-state index is 0.106. The molecule has 0 unspecified atom stereocenters. The summed E-state index contributed by atoms with van der Waals surface area (Å²) >= 11 is 0. The Morgan fingerprint density at radius 3 is 2.00 bits per heavy atom. The van der Waals surface area contributed by atoms with Crippen molar-refractivity contribution in [3.63, 3.8) is 0 Å². The summed E-state index contributed by atoms with van der Waals surface area (Å²) < 4.78 is 0. The zero-order valence-electron chi connectivity index (χ0n) is 23.8. The van der Waals surface area contributed by atoms with Crippen LogP contribution in [0.2, 0.25) is 0 Å². The highest BCUT2D eigenvalue weighted by Crippen LogP contribution is 2.22. The number of benzene rings is 1. The van der Waals surface area contributed by atoms with Crippen LogP contribution in [0.25, 0.3) is 0 Å². The van der Waals surface area contributed by atoms with E-state index in [1.54, 1.807) is 0 Å². The van der Waals surface area contributed by atoms with Crippen LogP contribution in [0, 0.1) is 0 Å². The number of phenolic OH excluding ortho intramolecular Hbond substituents is 2. The van der Waals surface area contributed by atoms with Crippen molar-refractivity contribution in [2.75, 3.05) is 39.3 Å². The Bertz CT molecular complexity index is 1020. The minimum Gasteiger partial charge on any atom is -0.508 e. The summed E-state index contributed by atoms with van der Waals surface area (Å²) in [7, 11) is 0. The fraction of sp³-hybridized carbons (Fsp3) is 0.593. The molecule has 0 spiro atoms. The number of carbonyl (C=O) groups is 5. The van der Waals surface area contributed by atoms with Gasteiger partial charge in [0.1, 0.15) is 17.5 Å². The molecule has 2 atom stereocenters. The number of carbonyl (C=O) groups excluding carboxylic acids is 4. The highest BCUT2D eigenvalue weighted by atomic mass is 16.4. The normalized spacial score (nSPS) is 12.2. The lowest BCUT2D eigenvalue weighted by atomic mass is 10.1. The Morgan fingerprint density at radius 2 is 1.38 bits per heavy atom. The molecule has 236 valence electrons. The average Bonchev–Trinajstić information content (AvgIpc) is 2.92. The lowest BCUT2D eigenvalue weighted by Gasteiger charge is -2.17. The lowest BCUT2D eigenvalue weighted by Crippen LogP contribution is -2.49. The highest BCUT2D eigenvalue weighted by molar-refractivity contribution is 5.92. The maximum Gasteiger partial charge on any atom is 0.303 e. The van der Waals surface area contributed by atoms with Gasteiger partial charge in [0.05, 0.1) is 18.9 Å². The minimum atomic E-state index is -1.14. The van der Waals surface area contributed by atoms with Crippen LogP contribution in [-0.2, 0) is 30.4 Å². The van der Waals surface area contributed by atoms with E-state index >= 15 is 0 Å². The van der Waals surface area contributed by atoms with Gasteiger partial charge in [-0.2, -0.15) is 0 Å². The third kappa shape index (κ3) is 17.0. The number of nitrogens with two attached hydrogens (primary N) is 2. The highest BCUT2D eigenvalue weighted by Gasteiger charge is 2.23. The van der Waals surface area contributed by atoms with Gasteiger partial charge in [-0.15, -0.1) is 0 Å². The molecule has 0 aliphatic rings. The van der Waals surface area contributed by atoms with E-state index in [1.807, 2.05) is 0 Å². The quantitative estimate of drug-likeness (QED) is 0.0629. The predicted molar refractivity (Wildman–Crippen MR) is 154 cm³/mol. The fourth-order valence-electron chi connectivity index (χ4n) is 3.79. The monoisotopic (exact) mass is 595 g/mol. The third-order valence-corrected chi connectivity index (χ3v) is 6.10. The van der Waals surface area contributed by atoms with Crippen LogP contribution >= 0.6 is 0 Å². The summed E-state index contributed by atoms with van der Waals surface area (Å²) in [6.45, 7) is 3.89. The Kier molecular flexibility index (Phi) is 17.9. The number of rotatable bonds is 23. The lowest BCUT2D eigenvalue weighted by molar-refractivity contribution is -0.137. The molecule has 12 N–H and O–H groups in total. The largest absolute Gasteiger partial charge is 0.508 e. The van der Waals surface area contributed by atoms with Gasteiger partial charge in [-0.25, -0.2) is 0 Å². The predicted octanol–water partition coefficient (Wildman–Crippen LogP) is -1.84. The van der Waals surface area contributed by atoms with Crippen LogP contribution in [0.3, 0.4) is 0 Å². The molecule has 0 saturated heterocycles. The van der Waals surface area contributed by atoms with Gasteiger partial charge in [0.2, 0.25) is 23.6 Å². The number of unbranched alkanes of at least 4 members (excludes halogenated alkanes) is 1. The van der Waals surface area contributed by atoms with Crippen molar-refractivity contribution < 1.29 is 39.3 Å². The first-order valence-corrected chi connectivity index (χ1v) is 14.0. The molecule has 4 amide bonds. The summed E-state index contributed by atoms with van der Waals surface area (Å²) in [5.41, 5.74) is 11.1. The van der Waals surface area contributed by atoms with Gasteiger partial charge in [-0.1, -0.05) is 6.07 Å². The number of nitrogens with one attached hydrogen (secondary N) is 5. The first-order chi connectivity index (χ1) is 20.0. The van der Waals surface area contributed by atoms with Crippen molar-refractivity contribution in [3.05, 3.63) is 23.8 Å². The van der Waals surface area contributed by atoms with Crippen LogP contribution in [0.15, 0.2) is 18.2 Å². The molecule has 42 heavy (non-hydrogen) atoms. The molecule has 1 aromatic carbocycles. The maximum absolute atomic E-state index is 12.5. The second-order valence-electron chi connectivity index (χ2n) is 9.82. The molecule has 0 fully saturated rings. The van der Waals surface area contributed by atoms with Crippen LogP contribution < -0.4 is 38.1 Å². The summed E-state index contributed by atoms with van der Waals surface area (Å²) in [6.07, 6.45) is 2.46. The van der Waals surface area contributed by atoms with Gasteiger partial charge < -0.3 is 53.4 Å². The number of amides is 4.